The lowest BCUT2D eigenvalue weighted by Gasteiger charge is -2.34. The molecule has 0 spiro atoms. The zero-order valence-corrected chi connectivity index (χ0v) is 22.8. The van der Waals surface area contributed by atoms with Gasteiger partial charge in [0.25, 0.3) is 0 Å². The quantitative estimate of drug-likeness (QED) is 0.345. The molecule has 3 saturated carbocycles. The first-order chi connectivity index (χ1) is 18.2. The normalized spacial score (nSPS) is 28.0. The number of fused-ring (bicyclic) bond motifs is 1. The van der Waals surface area contributed by atoms with E-state index in [4.69, 9.17) is 0 Å². The number of benzene rings is 2. The molecule has 0 aromatic heterocycles. The highest BCUT2D eigenvalue weighted by molar-refractivity contribution is 5.70. The first-order valence-electron chi connectivity index (χ1n) is 15.4. The van der Waals surface area contributed by atoms with Crippen molar-refractivity contribution >= 4 is 5.57 Å². The predicted octanol–water partition coefficient (Wildman–Crippen LogP) is 10.4. The summed E-state index contributed by atoms with van der Waals surface area (Å²) in [6.45, 7) is 4.62. The van der Waals surface area contributed by atoms with Gasteiger partial charge in [-0.15, -0.1) is 0 Å². The Morgan fingerprint density at radius 2 is 1.51 bits per heavy atom. The number of hydrogen-bond acceptors (Lipinski definition) is 0. The molecule has 0 radical (unpaired) electrons. The van der Waals surface area contributed by atoms with E-state index in [0.29, 0.717) is 0 Å². The van der Waals surface area contributed by atoms with Crippen molar-refractivity contribution in [3.8, 4) is 0 Å². The first-order valence-corrected chi connectivity index (χ1v) is 15.4. The summed E-state index contributed by atoms with van der Waals surface area (Å²) in [5.74, 6) is 4.85. The lowest BCUT2D eigenvalue weighted by atomic mass is 9.71. The Kier molecular flexibility index (Phi) is 7.82. The van der Waals surface area contributed by atoms with E-state index in [1.807, 2.05) is 0 Å². The molecule has 0 bridgehead atoms. The van der Waals surface area contributed by atoms with Crippen LogP contribution in [0, 0.1) is 29.6 Å². The number of hydrogen-bond donors (Lipinski definition) is 0. The van der Waals surface area contributed by atoms with Crippen molar-refractivity contribution in [3.63, 3.8) is 0 Å². The van der Waals surface area contributed by atoms with Crippen LogP contribution in [0.1, 0.15) is 100 Å². The van der Waals surface area contributed by atoms with Crippen LogP contribution in [-0.2, 0) is 6.42 Å². The average Bonchev–Trinajstić information content (AvgIpc) is 3.56. The maximum absolute atomic E-state index is 4.62. The Morgan fingerprint density at radius 3 is 2.38 bits per heavy atom. The highest BCUT2D eigenvalue weighted by Gasteiger charge is 2.41. The van der Waals surface area contributed by atoms with Crippen LogP contribution in [0.5, 0.6) is 0 Å². The van der Waals surface area contributed by atoms with Gasteiger partial charge in [0.05, 0.1) is 0 Å². The summed E-state index contributed by atoms with van der Waals surface area (Å²) in [6, 6.07) is 19.8. The summed E-state index contributed by atoms with van der Waals surface area (Å²) in [7, 11) is 0. The van der Waals surface area contributed by atoms with Crippen LogP contribution in [0.3, 0.4) is 0 Å². The maximum atomic E-state index is 4.62. The molecular formula is C37H46. The predicted molar refractivity (Wildman–Crippen MR) is 158 cm³/mol. The molecule has 6 rings (SSSR count). The highest BCUT2D eigenvalue weighted by atomic mass is 14.5. The zero-order chi connectivity index (χ0) is 25.0. The molecule has 0 heterocycles. The fraction of sp³-hybridized carbons (Fsp3) is 0.514. The molecule has 0 N–H and O–H groups in total. The van der Waals surface area contributed by atoms with Gasteiger partial charge in [0.2, 0.25) is 0 Å². The molecular weight excluding hydrogens is 444 g/mol. The lowest BCUT2D eigenvalue weighted by molar-refractivity contribution is 0.169. The van der Waals surface area contributed by atoms with E-state index in [0.717, 1.165) is 48.9 Å². The standard InChI is InChI=1S/C37H46/c1-27(36-17-9-8-15-33(36)23-29-13-6-3-7-14-29)21-32-16-10-18-37(32)35-25-31-20-19-30(24-34(31)26-35)22-28-11-4-2-5-12-28/h3,6-9,13-18,28,30-31,34-35H,1-2,4-5,10-12,19-26H2. The molecule has 0 nitrogen and oxygen atoms in total. The molecule has 2 aromatic rings. The minimum atomic E-state index is 0.796. The van der Waals surface area contributed by atoms with Crippen molar-refractivity contribution in [1.29, 1.82) is 0 Å². The van der Waals surface area contributed by atoms with Crippen LogP contribution >= 0.6 is 0 Å². The van der Waals surface area contributed by atoms with E-state index in [1.165, 1.54) is 86.5 Å². The van der Waals surface area contributed by atoms with Gasteiger partial charge in [-0.05, 0) is 114 Å². The molecule has 4 atom stereocenters. The van der Waals surface area contributed by atoms with Crippen molar-refractivity contribution in [1.82, 2.24) is 0 Å². The van der Waals surface area contributed by atoms with Crippen molar-refractivity contribution in [3.05, 3.63) is 101 Å². The van der Waals surface area contributed by atoms with E-state index in [1.54, 1.807) is 17.6 Å². The molecule has 0 heteroatoms. The molecule has 4 unspecified atom stereocenters. The van der Waals surface area contributed by atoms with Crippen molar-refractivity contribution in [2.45, 2.75) is 89.9 Å². The second kappa shape index (κ2) is 11.6. The third kappa shape index (κ3) is 5.89. The molecule has 194 valence electrons. The molecule has 3 fully saturated rings. The van der Waals surface area contributed by atoms with Gasteiger partial charge in [-0.2, -0.15) is 0 Å². The Bertz CT molecular complexity index is 1130. The molecule has 4 aliphatic carbocycles. The van der Waals surface area contributed by atoms with Crippen LogP contribution < -0.4 is 0 Å². The van der Waals surface area contributed by atoms with Crippen LogP contribution in [0.25, 0.3) is 5.57 Å². The summed E-state index contributed by atoms with van der Waals surface area (Å²) in [4.78, 5) is 0. The summed E-state index contributed by atoms with van der Waals surface area (Å²) in [5, 5.41) is 0. The second-order valence-corrected chi connectivity index (χ2v) is 12.8. The van der Waals surface area contributed by atoms with E-state index >= 15 is 0 Å². The smallest absolute Gasteiger partial charge is 0.00197 e. The molecule has 4 aliphatic rings. The molecule has 37 heavy (non-hydrogen) atoms. The highest BCUT2D eigenvalue weighted by Crippen LogP contribution is 2.52. The van der Waals surface area contributed by atoms with Gasteiger partial charge in [0, 0.05) is 0 Å². The SMILES string of the molecule is C=C(CC1=CCC=C1C1CC2CCC(CC3CCCCC3)CC2C1)c1ccccc1Cc1ccccc1. The van der Waals surface area contributed by atoms with Crippen LogP contribution in [0.15, 0.2) is 84.5 Å². The van der Waals surface area contributed by atoms with Gasteiger partial charge in [0.1, 0.15) is 0 Å². The van der Waals surface area contributed by atoms with Gasteiger partial charge in [-0.3, -0.25) is 0 Å². The van der Waals surface area contributed by atoms with Gasteiger partial charge in [-0.25, -0.2) is 0 Å². The Morgan fingerprint density at radius 1 is 0.730 bits per heavy atom. The molecule has 0 amide bonds. The van der Waals surface area contributed by atoms with Gasteiger partial charge < -0.3 is 0 Å². The van der Waals surface area contributed by atoms with Crippen molar-refractivity contribution in [2.75, 3.05) is 0 Å². The largest absolute Gasteiger partial charge is 0.0949 e. The Hall–Kier alpha value is -2.34. The fourth-order valence-corrected chi connectivity index (χ4v) is 8.55. The summed E-state index contributed by atoms with van der Waals surface area (Å²) >= 11 is 0. The third-order valence-corrected chi connectivity index (χ3v) is 10.4. The van der Waals surface area contributed by atoms with Crippen LogP contribution in [0.4, 0.5) is 0 Å². The zero-order valence-electron chi connectivity index (χ0n) is 22.8. The Balaban J connectivity index is 1.08. The first kappa shape index (κ1) is 25.0. The van der Waals surface area contributed by atoms with Crippen LogP contribution in [0.2, 0.25) is 0 Å². The van der Waals surface area contributed by atoms with Crippen molar-refractivity contribution in [2.24, 2.45) is 29.6 Å². The summed E-state index contributed by atoms with van der Waals surface area (Å²) in [5.41, 5.74) is 8.69. The minimum Gasteiger partial charge on any atom is -0.0949 e. The second-order valence-electron chi connectivity index (χ2n) is 12.8. The topological polar surface area (TPSA) is 0 Å². The van der Waals surface area contributed by atoms with Crippen molar-refractivity contribution < 1.29 is 0 Å². The summed E-state index contributed by atoms with van der Waals surface area (Å²) < 4.78 is 0. The molecule has 2 aromatic carbocycles. The fourth-order valence-electron chi connectivity index (χ4n) is 8.55. The van der Waals surface area contributed by atoms with E-state index < -0.39 is 0 Å². The number of allylic oxidation sites excluding steroid dienone is 5. The Labute approximate surface area is 226 Å². The monoisotopic (exact) mass is 490 g/mol. The summed E-state index contributed by atoms with van der Waals surface area (Å²) in [6.07, 6.45) is 24.7. The van der Waals surface area contributed by atoms with E-state index in [2.05, 4.69) is 73.3 Å². The van der Waals surface area contributed by atoms with Gasteiger partial charge in [0.15, 0.2) is 0 Å². The lowest BCUT2D eigenvalue weighted by Crippen LogP contribution is -2.23. The minimum absolute atomic E-state index is 0.796. The molecule has 0 aliphatic heterocycles. The maximum Gasteiger partial charge on any atom is -0.00197 e. The molecule has 0 saturated heterocycles. The third-order valence-electron chi connectivity index (χ3n) is 10.4. The van der Waals surface area contributed by atoms with Gasteiger partial charge in [-0.1, -0.05) is 112 Å². The van der Waals surface area contributed by atoms with Gasteiger partial charge >= 0.3 is 0 Å². The van der Waals surface area contributed by atoms with E-state index in [9.17, 15) is 0 Å². The number of rotatable bonds is 8. The van der Waals surface area contributed by atoms with E-state index in [-0.39, 0.29) is 0 Å². The average molecular weight is 491 g/mol. The van der Waals surface area contributed by atoms with Crippen LogP contribution in [-0.4, -0.2) is 0 Å².